The van der Waals surface area contributed by atoms with Gasteiger partial charge in [0.2, 0.25) is 10.0 Å². The Kier molecular flexibility index (Phi) is 7.82. The number of aryl methyl sites for hydroxylation is 2. The van der Waals surface area contributed by atoms with Gasteiger partial charge in [-0.3, -0.25) is 9.59 Å². The number of benzene rings is 2. The minimum Gasteiger partial charge on any atom is -0.454 e. The molecule has 8 heteroatoms. The number of fused-ring (bicyclic) bond motifs is 1. The van der Waals surface area contributed by atoms with Gasteiger partial charge in [0.15, 0.2) is 6.61 Å². The van der Waals surface area contributed by atoms with E-state index >= 15 is 0 Å². The minimum absolute atomic E-state index is 0.373. The molecule has 2 aromatic rings. The molecule has 0 spiro atoms. The first-order valence-corrected chi connectivity index (χ1v) is 12.1. The Morgan fingerprint density at radius 3 is 2.50 bits per heavy atom. The Bertz CT molecular complexity index is 1090. The number of esters is 1. The fourth-order valence-corrected chi connectivity index (χ4v) is 4.62. The fourth-order valence-electron chi connectivity index (χ4n) is 3.48. The van der Waals surface area contributed by atoms with E-state index in [0.717, 1.165) is 24.7 Å². The second-order valence-electron chi connectivity index (χ2n) is 8.09. The van der Waals surface area contributed by atoms with Crippen molar-refractivity contribution in [1.29, 1.82) is 0 Å². The van der Waals surface area contributed by atoms with Crippen LogP contribution in [0.3, 0.4) is 0 Å². The van der Waals surface area contributed by atoms with Gasteiger partial charge in [-0.2, -0.15) is 4.72 Å². The lowest BCUT2D eigenvalue weighted by Gasteiger charge is -2.19. The molecule has 0 aromatic heterocycles. The Balaban J connectivity index is 1.55. The Hall–Kier alpha value is -2.97. The zero-order valence-corrected chi connectivity index (χ0v) is 19.0. The van der Waals surface area contributed by atoms with Crippen LogP contribution in [0, 0.1) is 5.92 Å². The highest BCUT2D eigenvalue weighted by atomic mass is 32.2. The quantitative estimate of drug-likeness (QED) is 0.564. The SMILES string of the molecule is CC(C)C(NS(=O)(=O)/C=C/c1ccccc1)C(=O)OCC(=O)Nc1ccc2c(c1)CCC2. The zero-order chi connectivity index (χ0) is 23.1. The van der Waals surface area contributed by atoms with E-state index < -0.39 is 34.5 Å². The van der Waals surface area contributed by atoms with Crippen molar-refractivity contribution in [3.05, 3.63) is 70.6 Å². The molecule has 1 aliphatic rings. The van der Waals surface area contributed by atoms with Crippen LogP contribution in [0.15, 0.2) is 53.9 Å². The molecule has 0 fully saturated rings. The van der Waals surface area contributed by atoms with Crippen molar-refractivity contribution >= 4 is 33.7 Å². The summed E-state index contributed by atoms with van der Waals surface area (Å²) in [7, 11) is -3.89. The van der Waals surface area contributed by atoms with E-state index in [1.165, 1.54) is 17.2 Å². The molecule has 7 nitrogen and oxygen atoms in total. The van der Waals surface area contributed by atoms with E-state index in [1.54, 1.807) is 38.1 Å². The molecule has 2 aromatic carbocycles. The number of hydrogen-bond donors (Lipinski definition) is 2. The molecule has 1 amide bonds. The van der Waals surface area contributed by atoms with Gasteiger partial charge in [-0.05, 0) is 60.1 Å². The standard InChI is InChI=1S/C24H28N2O5S/c1-17(2)23(26-32(29,30)14-13-18-7-4-3-5-8-18)24(28)31-16-22(27)25-21-12-11-19-9-6-10-20(19)15-21/h3-5,7-8,11-15,17,23,26H,6,9-10,16H2,1-2H3,(H,25,27)/b14-13+. The number of carbonyl (C=O) groups excluding carboxylic acids is 2. The molecule has 0 saturated carbocycles. The Labute approximate surface area is 188 Å². The van der Waals surface area contributed by atoms with Crippen molar-refractivity contribution in [3.8, 4) is 0 Å². The summed E-state index contributed by atoms with van der Waals surface area (Å²) in [6, 6.07) is 13.6. The highest BCUT2D eigenvalue weighted by Gasteiger charge is 2.28. The van der Waals surface area contributed by atoms with Gasteiger partial charge in [-0.1, -0.05) is 50.2 Å². The molecule has 0 saturated heterocycles. The number of amides is 1. The summed E-state index contributed by atoms with van der Waals surface area (Å²) in [5, 5.41) is 3.72. The number of anilines is 1. The Morgan fingerprint density at radius 2 is 1.78 bits per heavy atom. The average molecular weight is 457 g/mol. The summed E-state index contributed by atoms with van der Waals surface area (Å²) in [5.74, 6) is -1.66. The molecule has 2 N–H and O–H groups in total. The van der Waals surface area contributed by atoms with E-state index in [0.29, 0.717) is 11.3 Å². The van der Waals surface area contributed by atoms with Crippen LogP contribution in [0.5, 0.6) is 0 Å². The third-order valence-corrected chi connectivity index (χ3v) is 6.26. The lowest BCUT2D eigenvalue weighted by molar-refractivity contribution is -0.150. The topological polar surface area (TPSA) is 102 Å². The molecule has 0 radical (unpaired) electrons. The minimum atomic E-state index is -3.89. The maximum Gasteiger partial charge on any atom is 0.324 e. The van der Waals surface area contributed by atoms with E-state index in [1.807, 2.05) is 24.3 Å². The molecule has 170 valence electrons. The summed E-state index contributed by atoms with van der Waals surface area (Å²) in [6.07, 6.45) is 4.59. The molecule has 1 unspecified atom stereocenters. The molecule has 0 aliphatic heterocycles. The third kappa shape index (κ3) is 6.77. The number of sulfonamides is 1. The first kappa shape index (κ1) is 23.7. The molecule has 0 heterocycles. The van der Waals surface area contributed by atoms with Crippen molar-refractivity contribution in [1.82, 2.24) is 4.72 Å². The normalized spacial score (nSPS) is 14.3. The number of hydrogen-bond acceptors (Lipinski definition) is 5. The zero-order valence-electron chi connectivity index (χ0n) is 18.2. The van der Waals surface area contributed by atoms with Crippen LogP contribution >= 0.6 is 0 Å². The van der Waals surface area contributed by atoms with Gasteiger partial charge in [0, 0.05) is 11.1 Å². The first-order valence-electron chi connectivity index (χ1n) is 10.6. The van der Waals surface area contributed by atoms with Gasteiger partial charge in [-0.25, -0.2) is 8.42 Å². The molecular weight excluding hydrogens is 428 g/mol. The molecule has 32 heavy (non-hydrogen) atoms. The monoisotopic (exact) mass is 456 g/mol. The van der Waals surface area contributed by atoms with Crippen LogP contribution in [-0.2, 0) is 37.2 Å². The summed E-state index contributed by atoms with van der Waals surface area (Å²) < 4.78 is 32.3. The lowest BCUT2D eigenvalue weighted by atomic mass is 10.1. The maximum absolute atomic E-state index is 12.5. The van der Waals surface area contributed by atoms with Crippen LogP contribution in [0.25, 0.3) is 6.08 Å². The van der Waals surface area contributed by atoms with Crippen molar-refractivity contribution < 1.29 is 22.7 Å². The maximum atomic E-state index is 12.5. The third-order valence-electron chi connectivity index (χ3n) is 5.18. The van der Waals surface area contributed by atoms with Crippen LogP contribution in [0.1, 0.15) is 37.0 Å². The van der Waals surface area contributed by atoms with Crippen LogP contribution in [0.4, 0.5) is 5.69 Å². The van der Waals surface area contributed by atoms with Crippen molar-refractivity contribution in [2.45, 2.75) is 39.2 Å². The predicted octanol–water partition coefficient (Wildman–Crippen LogP) is 3.27. The molecule has 3 rings (SSSR count). The van der Waals surface area contributed by atoms with Gasteiger partial charge >= 0.3 is 5.97 Å². The number of rotatable bonds is 9. The average Bonchev–Trinajstić information content (AvgIpc) is 3.23. The lowest BCUT2D eigenvalue weighted by Crippen LogP contribution is -2.45. The van der Waals surface area contributed by atoms with Crippen LogP contribution in [0.2, 0.25) is 0 Å². The van der Waals surface area contributed by atoms with Crippen LogP contribution in [-0.4, -0.2) is 32.9 Å². The largest absolute Gasteiger partial charge is 0.454 e. The first-order chi connectivity index (χ1) is 15.2. The summed E-state index contributed by atoms with van der Waals surface area (Å²) in [5.41, 5.74) is 3.88. The molecule has 1 aliphatic carbocycles. The van der Waals surface area contributed by atoms with Gasteiger partial charge in [0.25, 0.3) is 5.91 Å². The highest BCUT2D eigenvalue weighted by Crippen LogP contribution is 2.24. The number of carbonyl (C=O) groups is 2. The molecule has 0 bridgehead atoms. The van der Waals surface area contributed by atoms with E-state index in [9.17, 15) is 18.0 Å². The second-order valence-corrected chi connectivity index (χ2v) is 9.69. The highest BCUT2D eigenvalue weighted by molar-refractivity contribution is 7.92. The fraction of sp³-hybridized carbons (Fsp3) is 0.333. The Morgan fingerprint density at radius 1 is 1.06 bits per heavy atom. The predicted molar refractivity (Wildman–Crippen MR) is 124 cm³/mol. The second kappa shape index (κ2) is 10.6. The smallest absolute Gasteiger partial charge is 0.324 e. The van der Waals surface area contributed by atoms with E-state index in [2.05, 4.69) is 10.0 Å². The van der Waals surface area contributed by atoms with Gasteiger partial charge < -0.3 is 10.1 Å². The van der Waals surface area contributed by atoms with Gasteiger partial charge in [-0.15, -0.1) is 0 Å². The van der Waals surface area contributed by atoms with E-state index in [4.69, 9.17) is 4.74 Å². The summed E-state index contributed by atoms with van der Waals surface area (Å²) in [6.45, 7) is 2.89. The van der Waals surface area contributed by atoms with Crippen molar-refractivity contribution in [2.24, 2.45) is 5.92 Å². The number of ether oxygens (including phenoxy) is 1. The van der Waals surface area contributed by atoms with Crippen LogP contribution < -0.4 is 10.0 Å². The van der Waals surface area contributed by atoms with Gasteiger partial charge in [0.1, 0.15) is 6.04 Å². The van der Waals surface area contributed by atoms with Crippen molar-refractivity contribution in [2.75, 3.05) is 11.9 Å². The summed E-state index contributed by atoms with van der Waals surface area (Å²) >= 11 is 0. The number of nitrogens with one attached hydrogen (secondary N) is 2. The summed E-state index contributed by atoms with van der Waals surface area (Å²) in [4.78, 5) is 24.7. The molecule has 1 atom stereocenters. The molecular formula is C24H28N2O5S. The van der Waals surface area contributed by atoms with E-state index in [-0.39, 0.29) is 5.92 Å². The van der Waals surface area contributed by atoms with Crippen molar-refractivity contribution in [3.63, 3.8) is 0 Å². The van der Waals surface area contributed by atoms with Gasteiger partial charge in [0.05, 0.1) is 0 Å².